The van der Waals surface area contributed by atoms with E-state index >= 15 is 0 Å². The number of Topliss-reactive ketones (excluding diaryl/α,β-unsaturated/α-hetero) is 1. The number of carbonyl (C=O) groups excluding carboxylic acids is 2. The van der Waals surface area contributed by atoms with Crippen molar-refractivity contribution in [2.24, 2.45) is 16.5 Å². The zero-order valence-electron chi connectivity index (χ0n) is 24.1. The molecule has 0 saturated carbocycles. The summed E-state index contributed by atoms with van der Waals surface area (Å²) in [4.78, 5) is 26.0. The fraction of sp³-hybridized carbons (Fsp3) is 0.414. The summed E-state index contributed by atoms with van der Waals surface area (Å²) >= 11 is 0. The summed E-state index contributed by atoms with van der Waals surface area (Å²) in [5.74, 6) is -3.98. The molecule has 0 unspecified atom stereocenters. The van der Waals surface area contributed by atoms with Crippen LogP contribution in [0.2, 0.25) is 0 Å². The van der Waals surface area contributed by atoms with Crippen LogP contribution in [0.3, 0.4) is 0 Å². The van der Waals surface area contributed by atoms with Crippen LogP contribution in [0.25, 0.3) is 6.08 Å². The molecular formula is C29H37F2N3O8S. The predicted molar refractivity (Wildman–Crippen MR) is 156 cm³/mol. The van der Waals surface area contributed by atoms with Crippen molar-refractivity contribution < 1.29 is 45.7 Å². The SMILES string of the molecule is CC(=O)CCCOCCOCCOCCCS(=O)(=O)c1ccc(Oc2c(F)cc(/C=C(\C)C(=O)N=C(N)N)cc2F)cc1. The van der Waals surface area contributed by atoms with Crippen molar-refractivity contribution in [2.75, 3.05) is 45.4 Å². The summed E-state index contributed by atoms with van der Waals surface area (Å²) in [6.45, 7) is 5.09. The molecule has 0 aliphatic rings. The first-order valence-corrected chi connectivity index (χ1v) is 15.1. The predicted octanol–water partition coefficient (Wildman–Crippen LogP) is 3.54. The van der Waals surface area contributed by atoms with Crippen LogP contribution in [0, 0.1) is 11.6 Å². The van der Waals surface area contributed by atoms with Gasteiger partial charge in [-0.15, -0.1) is 0 Å². The number of hydrogen-bond donors (Lipinski definition) is 2. The largest absolute Gasteiger partial charge is 0.451 e. The van der Waals surface area contributed by atoms with Crippen LogP contribution in [0.1, 0.15) is 38.7 Å². The molecule has 0 fully saturated rings. The molecule has 2 rings (SSSR count). The van der Waals surface area contributed by atoms with Crippen LogP contribution < -0.4 is 16.2 Å². The van der Waals surface area contributed by atoms with Crippen LogP contribution in [0.4, 0.5) is 8.78 Å². The molecule has 0 atom stereocenters. The van der Waals surface area contributed by atoms with Gasteiger partial charge in [-0.05, 0) is 74.7 Å². The van der Waals surface area contributed by atoms with Gasteiger partial charge in [0.05, 0.1) is 37.1 Å². The molecule has 236 valence electrons. The number of hydrogen-bond acceptors (Lipinski definition) is 8. The Morgan fingerprint density at radius 3 is 1.93 bits per heavy atom. The van der Waals surface area contributed by atoms with Crippen LogP contribution in [-0.2, 0) is 33.6 Å². The second-order valence-electron chi connectivity index (χ2n) is 9.37. The van der Waals surface area contributed by atoms with E-state index in [0.29, 0.717) is 45.9 Å². The molecule has 0 aliphatic carbocycles. The lowest BCUT2D eigenvalue weighted by Crippen LogP contribution is -2.24. The summed E-state index contributed by atoms with van der Waals surface area (Å²) in [6, 6.07) is 7.08. The fourth-order valence-corrected chi connectivity index (χ4v) is 4.83. The highest BCUT2D eigenvalue weighted by Gasteiger charge is 2.17. The number of rotatable bonds is 19. The van der Waals surface area contributed by atoms with Crippen LogP contribution in [0.15, 0.2) is 51.9 Å². The van der Waals surface area contributed by atoms with Crippen molar-refractivity contribution in [3.8, 4) is 11.5 Å². The van der Waals surface area contributed by atoms with E-state index in [0.717, 1.165) is 12.1 Å². The molecule has 4 N–H and O–H groups in total. The first-order chi connectivity index (χ1) is 20.4. The Morgan fingerprint density at radius 2 is 1.40 bits per heavy atom. The van der Waals surface area contributed by atoms with Gasteiger partial charge in [0.15, 0.2) is 33.2 Å². The lowest BCUT2D eigenvalue weighted by molar-refractivity contribution is -0.117. The summed E-state index contributed by atoms with van der Waals surface area (Å²) in [6.07, 6.45) is 2.65. The highest BCUT2D eigenvalue weighted by Crippen LogP contribution is 2.30. The number of halogens is 2. The van der Waals surface area contributed by atoms with Gasteiger partial charge in [0, 0.05) is 25.2 Å². The van der Waals surface area contributed by atoms with Gasteiger partial charge >= 0.3 is 0 Å². The Morgan fingerprint density at radius 1 is 0.860 bits per heavy atom. The minimum Gasteiger partial charge on any atom is -0.451 e. The van der Waals surface area contributed by atoms with Crippen molar-refractivity contribution >= 4 is 33.6 Å². The minimum atomic E-state index is -3.63. The summed E-state index contributed by atoms with van der Waals surface area (Å²) in [7, 11) is -3.63. The van der Waals surface area contributed by atoms with Gasteiger partial charge in [-0.2, -0.15) is 4.99 Å². The van der Waals surface area contributed by atoms with E-state index in [9.17, 15) is 26.8 Å². The smallest absolute Gasteiger partial charge is 0.275 e. The van der Waals surface area contributed by atoms with Crippen molar-refractivity contribution in [3.05, 3.63) is 59.2 Å². The third-order valence-electron chi connectivity index (χ3n) is 5.64. The van der Waals surface area contributed by atoms with Gasteiger partial charge in [0.2, 0.25) is 0 Å². The zero-order chi connectivity index (χ0) is 31.8. The van der Waals surface area contributed by atoms with E-state index in [1.807, 2.05) is 0 Å². The lowest BCUT2D eigenvalue weighted by Gasteiger charge is -2.10. The number of guanidine groups is 1. The highest BCUT2D eigenvalue weighted by atomic mass is 32.2. The maximum absolute atomic E-state index is 14.6. The number of nitrogens with zero attached hydrogens (tertiary/aromatic N) is 1. The first-order valence-electron chi connectivity index (χ1n) is 13.4. The number of ketones is 1. The average molecular weight is 626 g/mol. The van der Waals surface area contributed by atoms with E-state index in [-0.39, 0.29) is 46.3 Å². The second kappa shape index (κ2) is 18.1. The maximum atomic E-state index is 14.6. The molecule has 2 aromatic rings. The van der Waals surface area contributed by atoms with E-state index in [1.54, 1.807) is 0 Å². The topological polar surface area (TPSA) is 170 Å². The standard InChI is InChI=1S/C29H37F2N3O8S/c1-20(28(36)34-29(32)33)17-22-18-25(30)27(26(31)19-22)42-23-6-8-24(9-7-23)43(37,38)16-4-11-40-13-15-41-14-12-39-10-3-5-21(2)35/h6-9,17-19H,3-5,10-16H2,1-2H3,(H4,32,33,34,36)/b20-17+. The molecule has 0 spiro atoms. The van der Waals surface area contributed by atoms with Gasteiger partial charge < -0.3 is 35.2 Å². The minimum absolute atomic E-state index is 0.0175. The quantitative estimate of drug-likeness (QED) is 0.102. The first kappa shape index (κ1) is 35.5. The van der Waals surface area contributed by atoms with Gasteiger partial charge in [-0.25, -0.2) is 17.2 Å². The normalized spacial score (nSPS) is 11.8. The van der Waals surface area contributed by atoms with Gasteiger partial charge in [0.25, 0.3) is 5.91 Å². The number of amides is 1. The number of aliphatic imine (C=N–C) groups is 1. The number of carbonyl (C=O) groups is 2. The molecule has 0 aromatic heterocycles. The van der Waals surface area contributed by atoms with Gasteiger partial charge in [-0.3, -0.25) is 4.79 Å². The summed E-state index contributed by atoms with van der Waals surface area (Å²) < 4.78 is 75.9. The molecule has 0 radical (unpaired) electrons. The van der Waals surface area contributed by atoms with Crippen LogP contribution in [0.5, 0.6) is 11.5 Å². The summed E-state index contributed by atoms with van der Waals surface area (Å²) in [5, 5.41) is 0. The Hall–Kier alpha value is -3.72. The molecule has 14 heteroatoms. The molecule has 2 aromatic carbocycles. The Labute approximate surface area is 249 Å². The third kappa shape index (κ3) is 13.4. The van der Waals surface area contributed by atoms with Crippen LogP contribution in [-0.4, -0.2) is 71.5 Å². The van der Waals surface area contributed by atoms with E-state index in [2.05, 4.69) is 4.99 Å². The Bertz CT molecular complexity index is 1370. The molecule has 43 heavy (non-hydrogen) atoms. The number of benzene rings is 2. The number of ether oxygens (including phenoxy) is 4. The molecule has 0 aliphatic heterocycles. The van der Waals surface area contributed by atoms with Crippen molar-refractivity contribution in [2.45, 2.75) is 38.0 Å². The van der Waals surface area contributed by atoms with Gasteiger partial charge in [0.1, 0.15) is 11.5 Å². The highest BCUT2D eigenvalue weighted by molar-refractivity contribution is 7.91. The Kier molecular flexibility index (Phi) is 14.9. The molecule has 0 saturated heterocycles. The Balaban J connectivity index is 1.78. The van der Waals surface area contributed by atoms with E-state index < -0.39 is 39.1 Å². The number of nitrogens with two attached hydrogens (primary N) is 2. The monoisotopic (exact) mass is 625 g/mol. The lowest BCUT2D eigenvalue weighted by atomic mass is 10.1. The molecule has 0 heterocycles. The number of sulfone groups is 1. The molecule has 1 amide bonds. The molecule has 11 nitrogen and oxygen atoms in total. The maximum Gasteiger partial charge on any atom is 0.275 e. The van der Waals surface area contributed by atoms with E-state index in [1.165, 1.54) is 44.2 Å². The molecule has 0 bridgehead atoms. The average Bonchev–Trinajstić information content (AvgIpc) is 2.93. The summed E-state index contributed by atoms with van der Waals surface area (Å²) in [5.41, 5.74) is 10.4. The zero-order valence-corrected chi connectivity index (χ0v) is 25.0. The fourth-order valence-electron chi connectivity index (χ4n) is 3.54. The molecular weight excluding hydrogens is 588 g/mol. The van der Waals surface area contributed by atoms with Crippen molar-refractivity contribution in [1.29, 1.82) is 0 Å². The third-order valence-corrected chi connectivity index (χ3v) is 7.45. The van der Waals surface area contributed by atoms with E-state index in [4.69, 9.17) is 30.4 Å². The van der Waals surface area contributed by atoms with Crippen molar-refractivity contribution in [1.82, 2.24) is 0 Å². The van der Waals surface area contributed by atoms with Crippen LogP contribution >= 0.6 is 0 Å². The van der Waals surface area contributed by atoms with Gasteiger partial charge in [-0.1, -0.05) is 0 Å². The second-order valence-corrected chi connectivity index (χ2v) is 11.5. The van der Waals surface area contributed by atoms with Crippen molar-refractivity contribution in [3.63, 3.8) is 0 Å².